The minimum atomic E-state index is -1.18. The second kappa shape index (κ2) is 8.81. The molecule has 8 nitrogen and oxygen atoms in total. The number of hydrogen-bond donors (Lipinski definition) is 3. The summed E-state index contributed by atoms with van der Waals surface area (Å²) in [6, 6.07) is 3.38. The van der Waals surface area contributed by atoms with Crippen LogP contribution in [0.25, 0.3) is 0 Å². The lowest BCUT2D eigenvalue weighted by Gasteiger charge is -2.24. The fourth-order valence-electron chi connectivity index (χ4n) is 2.92. The minimum absolute atomic E-state index is 0.0266. The quantitative estimate of drug-likeness (QED) is 0.637. The lowest BCUT2D eigenvalue weighted by molar-refractivity contribution is -0.142. The number of rotatable bonds is 7. The van der Waals surface area contributed by atoms with Crippen molar-refractivity contribution in [3.8, 4) is 0 Å². The van der Waals surface area contributed by atoms with Gasteiger partial charge >= 0.3 is 5.97 Å². The number of carboxylic acid groups (broad SMARTS) is 1. The van der Waals surface area contributed by atoms with Crippen LogP contribution in [0.15, 0.2) is 24.3 Å². The molecule has 1 fully saturated rings. The van der Waals surface area contributed by atoms with Gasteiger partial charge in [-0.3, -0.25) is 19.2 Å². The zero-order chi connectivity index (χ0) is 21.0. The maximum atomic E-state index is 13.1. The van der Waals surface area contributed by atoms with E-state index in [-0.39, 0.29) is 24.8 Å². The molecule has 28 heavy (non-hydrogen) atoms. The fraction of sp³-hybridized carbons (Fsp3) is 0.474. The number of halogens is 1. The Labute approximate surface area is 162 Å². The molecule has 1 aliphatic heterocycles. The van der Waals surface area contributed by atoms with E-state index in [1.54, 1.807) is 13.8 Å². The molecule has 0 unspecified atom stereocenters. The van der Waals surface area contributed by atoms with Gasteiger partial charge in [0.15, 0.2) is 0 Å². The molecule has 0 spiro atoms. The molecule has 3 N–H and O–H groups in total. The maximum absolute atomic E-state index is 13.1. The molecule has 2 rings (SSSR count). The van der Waals surface area contributed by atoms with E-state index in [4.69, 9.17) is 5.11 Å². The topological polar surface area (TPSA) is 116 Å². The number of nitrogens with one attached hydrogen (secondary N) is 2. The van der Waals surface area contributed by atoms with Gasteiger partial charge in [-0.1, -0.05) is 13.8 Å². The summed E-state index contributed by atoms with van der Waals surface area (Å²) in [6.07, 6.45) is -0.0266. The van der Waals surface area contributed by atoms with Gasteiger partial charge in [-0.05, 0) is 37.1 Å². The summed E-state index contributed by atoms with van der Waals surface area (Å²) in [4.78, 5) is 49.5. The zero-order valence-electron chi connectivity index (χ0n) is 15.9. The van der Waals surface area contributed by atoms with Gasteiger partial charge in [0, 0.05) is 18.7 Å². The van der Waals surface area contributed by atoms with Gasteiger partial charge in [-0.25, -0.2) is 4.39 Å². The molecule has 0 aliphatic carbocycles. The highest BCUT2D eigenvalue weighted by Gasteiger charge is 2.37. The van der Waals surface area contributed by atoms with E-state index in [0.717, 1.165) is 0 Å². The first kappa shape index (κ1) is 21.3. The van der Waals surface area contributed by atoms with Crippen molar-refractivity contribution in [2.75, 3.05) is 11.4 Å². The van der Waals surface area contributed by atoms with E-state index in [2.05, 4.69) is 10.6 Å². The molecular formula is C19H24FN3O5. The molecule has 9 heteroatoms. The number of carbonyl (C=O) groups is 4. The van der Waals surface area contributed by atoms with Crippen molar-refractivity contribution in [1.29, 1.82) is 0 Å². The molecule has 0 bridgehead atoms. The van der Waals surface area contributed by atoms with E-state index >= 15 is 0 Å². The summed E-state index contributed by atoms with van der Waals surface area (Å²) in [5, 5.41) is 13.9. The SMILES string of the molecule is CC(C)[C@H](NC(=O)[C@@H]1CC(=O)N(c2ccc(F)cc2)C1)C(=O)N[C@@H](C)C(=O)O. The molecule has 1 aromatic carbocycles. The van der Waals surface area contributed by atoms with E-state index in [9.17, 15) is 23.6 Å². The number of carboxylic acids is 1. The first-order chi connectivity index (χ1) is 13.1. The van der Waals surface area contributed by atoms with Gasteiger partial charge in [0.25, 0.3) is 0 Å². The van der Waals surface area contributed by atoms with Gasteiger partial charge in [0.05, 0.1) is 5.92 Å². The molecule has 3 amide bonds. The van der Waals surface area contributed by atoms with Crippen LogP contribution in [-0.4, -0.2) is 47.4 Å². The second-order valence-corrected chi connectivity index (χ2v) is 7.18. The van der Waals surface area contributed by atoms with Crippen LogP contribution in [0.1, 0.15) is 27.2 Å². The summed E-state index contributed by atoms with van der Waals surface area (Å²) in [7, 11) is 0. The van der Waals surface area contributed by atoms with Crippen molar-refractivity contribution in [3.63, 3.8) is 0 Å². The Kier molecular flexibility index (Phi) is 6.71. The van der Waals surface area contributed by atoms with E-state index in [1.165, 1.54) is 36.1 Å². The lowest BCUT2D eigenvalue weighted by Crippen LogP contribution is -2.54. The molecular weight excluding hydrogens is 369 g/mol. The number of anilines is 1. The van der Waals surface area contributed by atoms with E-state index in [0.29, 0.717) is 5.69 Å². The fourth-order valence-corrected chi connectivity index (χ4v) is 2.92. The van der Waals surface area contributed by atoms with E-state index < -0.39 is 41.6 Å². The van der Waals surface area contributed by atoms with Crippen LogP contribution in [0.3, 0.4) is 0 Å². The molecule has 1 heterocycles. The van der Waals surface area contributed by atoms with Gasteiger partial charge in [-0.15, -0.1) is 0 Å². The molecule has 1 saturated heterocycles. The highest BCUT2D eigenvalue weighted by Crippen LogP contribution is 2.25. The van der Waals surface area contributed by atoms with Crippen LogP contribution in [0.4, 0.5) is 10.1 Å². The van der Waals surface area contributed by atoms with Crippen molar-refractivity contribution in [2.45, 2.75) is 39.3 Å². The number of carbonyl (C=O) groups excluding carboxylic acids is 3. The first-order valence-electron chi connectivity index (χ1n) is 8.99. The minimum Gasteiger partial charge on any atom is -0.480 e. The Hall–Kier alpha value is -2.97. The van der Waals surface area contributed by atoms with E-state index in [1.807, 2.05) is 0 Å². The van der Waals surface area contributed by atoms with Crippen molar-refractivity contribution in [2.24, 2.45) is 11.8 Å². The average molecular weight is 393 g/mol. The molecule has 0 saturated carbocycles. The average Bonchev–Trinajstić information content (AvgIpc) is 3.01. The van der Waals surface area contributed by atoms with Crippen LogP contribution in [0.2, 0.25) is 0 Å². The van der Waals surface area contributed by atoms with Crippen molar-refractivity contribution < 1.29 is 28.7 Å². The standard InChI is InChI=1S/C19H24FN3O5/c1-10(2)16(18(26)21-11(3)19(27)28)22-17(25)12-8-15(24)23(9-12)14-6-4-13(20)5-7-14/h4-7,10-12,16H,8-9H2,1-3H3,(H,21,26)(H,22,25)(H,27,28)/t11-,12+,16-/m0/s1. The summed E-state index contributed by atoms with van der Waals surface area (Å²) in [6.45, 7) is 4.89. The van der Waals surface area contributed by atoms with Gasteiger partial charge in [0.2, 0.25) is 17.7 Å². The Bertz CT molecular complexity index is 765. The lowest BCUT2D eigenvalue weighted by atomic mass is 10.0. The van der Waals surface area contributed by atoms with Crippen molar-refractivity contribution in [3.05, 3.63) is 30.1 Å². The number of aliphatic carboxylic acids is 1. The highest BCUT2D eigenvalue weighted by atomic mass is 19.1. The molecule has 1 aliphatic rings. The molecule has 3 atom stereocenters. The third-order valence-electron chi connectivity index (χ3n) is 4.61. The first-order valence-corrected chi connectivity index (χ1v) is 8.99. The van der Waals surface area contributed by atoms with Crippen molar-refractivity contribution >= 4 is 29.4 Å². The van der Waals surface area contributed by atoms with Crippen LogP contribution >= 0.6 is 0 Å². The van der Waals surface area contributed by atoms with Crippen LogP contribution in [0, 0.1) is 17.7 Å². The Balaban J connectivity index is 2.03. The molecule has 1 aromatic rings. The molecule has 152 valence electrons. The van der Waals surface area contributed by atoms with Crippen LogP contribution < -0.4 is 15.5 Å². The molecule has 0 aromatic heterocycles. The van der Waals surface area contributed by atoms with Crippen LogP contribution in [-0.2, 0) is 19.2 Å². The predicted octanol–water partition coefficient (Wildman–Crippen LogP) is 0.909. The largest absolute Gasteiger partial charge is 0.480 e. The Morgan fingerprint density at radius 3 is 2.29 bits per heavy atom. The smallest absolute Gasteiger partial charge is 0.325 e. The number of nitrogens with zero attached hydrogens (tertiary/aromatic N) is 1. The monoisotopic (exact) mass is 393 g/mol. The van der Waals surface area contributed by atoms with Gasteiger partial charge < -0.3 is 20.6 Å². The number of hydrogen-bond acceptors (Lipinski definition) is 4. The van der Waals surface area contributed by atoms with Crippen LogP contribution in [0.5, 0.6) is 0 Å². The third kappa shape index (κ3) is 5.05. The number of amides is 3. The predicted molar refractivity (Wildman–Crippen MR) is 98.9 cm³/mol. The third-order valence-corrected chi connectivity index (χ3v) is 4.61. The van der Waals surface area contributed by atoms with Crippen molar-refractivity contribution in [1.82, 2.24) is 10.6 Å². The Morgan fingerprint density at radius 2 is 1.75 bits per heavy atom. The Morgan fingerprint density at radius 1 is 1.14 bits per heavy atom. The molecule has 0 radical (unpaired) electrons. The second-order valence-electron chi connectivity index (χ2n) is 7.18. The summed E-state index contributed by atoms with van der Waals surface area (Å²) in [5.74, 6) is -3.88. The summed E-state index contributed by atoms with van der Waals surface area (Å²) < 4.78 is 13.1. The zero-order valence-corrected chi connectivity index (χ0v) is 15.9. The van der Waals surface area contributed by atoms with Gasteiger partial charge in [0.1, 0.15) is 17.9 Å². The maximum Gasteiger partial charge on any atom is 0.325 e. The normalized spacial score (nSPS) is 18.7. The van der Waals surface area contributed by atoms with Gasteiger partial charge in [-0.2, -0.15) is 0 Å². The highest BCUT2D eigenvalue weighted by molar-refractivity contribution is 6.01. The number of benzene rings is 1. The summed E-state index contributed by atoms with van der Waals surface area (Å²) in [5.41, 5.74) is 0.495. The summed E-state index contributed by atoms with van der Waals surface area (Å²) >= 11 is 0.